The molecule has 0 heterocycles. The van der Waals surface area contributed by atoms with Gasteiger partial charge in [-0.05, 0) is 37.7 Å². The molecular weight excluding hydrogens is 330 g/mol. The van der Waals surface area contributed by atoms with E-state index in [1.807, 2.05) is 44.3 Å². The van der Waals surface area contributed by atoms with Crippen LogP contribution < -0.4 is 14.8 Å². The molecule has 0 aliphatic carbocycles. The van der Waals surface area contributed by atoms with Crippen molar-refractivity contribution < 1.29 is 9.47 Å². The lowest BCUT2D eigenvalue weighted by Gasteiger charge is -2.16. The summed E-state index contributed by atoms with van der Waals surface area (Å²) >= 11 is 3.48. The molecule has 0 atom stereocenters. The molecule has 0 radical (unpaired) electrons. The molecule has 0 aliphatic rings. The molecule has 0 unspecified atom stereocenters. The van der Waals surface area contributed by atoms with Crippen molar-refractivity contribution >= 4 is 15.9 Å². The monoisotopic (exact) mass is 349 g/mol. The molecule has 4 heteroatoms. The number of ether oxygens (including phenoxy) is 2. The predicted octanol–water partition coefficient (Wildman–Crippen LogP) is 4.15. The van der Waals surface area contributed by atoms with Crippen LogP contribution in [0.3, 0.4) is 0 Å². The summed E-state index contributed by atoms with van der Waals surface area (Å²) in [4.78, 5) is 0. The lowest BCUT2D eigenvalue weighted by atomic mass is 10.1. The fourth-order valence-corrected chi connectivity index (χ4v) is 2.55. The third kappa shape index (κ3) is 4.48. The lowest BCUT2D eigenvalue weighted by molar-refractivity contribution is 0.266. The van der Waals surface area contributed by atoms with Gasteiger partial charge >= 0.3 is 0 Å². The minimum Gasteiger partial charge on any atom is -0.490 e. The zero-order valence-corrected chi connectivity index (χ0v) is 13.9. The van der Waals surface area contributed by atoms with E-state index in [-0.39, 0.29) is 0 Å². The Hall–Kier alpha value is -1.52. The first-order chi connectivity index (χ1) is 10.2. The van der Waals surface area contributed by atoms with Gasteiger partial charge in [0, 0.05) is 16.6 Å². The van der Waals surface area contributed by atoms with E-state index in [0.717, 1.165) is 33.6 Å². The van der Waals surface area contributed by atoms with Crippen molar-refractivity contribution in [3.8, 4) is 11.5 Å². The van der Waals surface area contributed by atoms with Gasteiger partial charge in [0.25, 0.3) is 0 Å². The fraction of sp³-hybridized carbons (Fsp3) is 0.294. The molecule has 0 spiro atoms. The second-order valence-corrected chi connectivity index (χ2v) is 5.54. The number of benzene rings is 2. The minimum atomic E-state index is 0.514. The van der Waals surface area contributed by atoms with Crippen LogP contribution in [0.4, 0.5) is 0 Å². The Labute approximate surface area is 134 Å². The highest BCUT2D eigenvalue weighted by Crippen LogP contribution is 2.32. The van der Waals surface area contributed by atoms with Gasteiger partial charge in [0.05, 0.1) is 6.61 Å². The summed E-state index contributed by atoms with van der Waals surface area (Å²) in [5.74, 6) is 1.61. The Bertz CT molecular complexity index is 563. The molecular formula is C17H20BrNO2. The van der Waals surface area contributed by atoms with Crippen molar-refractivity contribution in [2.45, 2.75) is 20.1 Å². The van der Waals surface area contributed by atoms with E-state index in [1.165, 1.54) is 0 Å². The van der Waals surface area contributed by atoms with Gasteiger partial charge < -0.3 is 14.8 Å². The van der Waals surface area contributed by atoms with E-state index in [0.29, 0.717) is 13.2 Å². The van der Waals surface area contributed by atoms with Gasteiger partial charge in [-0.25, -0.2) is 0 Å². The smallest absolute Gasteiger partial charge is 0.166 e. The largest absolute Gasteiger partial charge is 0.490 e. The molecule has 0 aromatic heterocycles. The number of hydrogen-bond acceptors (Lipinski definition) is 3. The second kappa shape index (κ2) is 8.05. The molecule has 21 heavy (non-hydrogen) atoms. The van der Waals surface area contributed by atoms with Gasteiger partial charge in [-0.15, -0.1) is 0 Å². The summed E-state index contributed by atoms with van der Waals surface area (Å²) in [6, 6.07) is 14.1. The number of halogens is 1. The van der Waals surface area contributed by atoms with E-state index in [1.54, 1.807) is 0 Å². The molecule has 2 aromatic carbocycles. The first kappa shape index (κ1) is 15.9. The Morgan fingerprint density at radius 1 is 1.10 bits per heavy atom. The maximum Gasteiger partial charge on any atom is 0.166 e. The van der Waals surface area contributed by atoms with E-state index in [9.17, 15) is 0 Å². The molecule has 2 aromatic rings. The molecule has 0 amide bonds. The predicted molar refractivity (Wildman–Crippen MR) is 88.8 cm³/mol. The number of nitrogens with one attached hydrogen (secondary N) is 1. The summed E-state index contributed by atoms with van der Waals surface area (Å²) in [5.41, 5.74) is 2.21. The van der Waals surface area contributed by atoms with Crippen LogP contribution in [0, 0.1) is 0 Å². The summed E-state index contributed by atoms with van der Waals surface area (Å²) in [7, 11) is 1.92. The summed E-state index contributed by atoms with van der Waals surface area (Å²) in [6.07, 6.45) is 0. The molecule has 0 fully saturated rings. The van der Waals surface area contributed by atoms with Crippen LogP contribution in [0.1, 0.15) is 18.1 Å². The number of para-hydroxylation sites is 1. The molecule has 0 saturated heterocycles. The van der Waals surface area contributed by atoms with Crippen LogP contribution >= 0.6 is 15.9 Å². The lowest BCUT2D eigenvalue weighted by Crippen LogP contribution is -2.09. The number of hydrogen-bond donors (Lipinski definition) is 1. The fourth-order valence-electron chi connectivity index (χ4n) is 2.11. The van der Waals surface area contributed by atoms with Crippen LogP contribution in [0.15, 0.2) is 46.9 Å². The maximum atomic E-state index is 6.03. The Morgan fingerprint density at radius 2 is 1.90 bits per heavy atom. The summed E-state index contributed by atoms with van der Waals surface area (Å²) < 4.78 is 12.8. The van der Waals surface area contributed by atoms with Gasteiger partial charge in [0.1, 0.15) is 6.61 Å². The third-order valence-electron chi connectivity index (χ3n) is 3.00. The van der Waals surface area contributed by atoms with Crippen LogP contribution in [0.5, 0.6) is 11.5 Å². The standard InChI is InChI=1S/C17H20BrNO2/c1-3-20-16-9-5-7-14(11-19-2)17(16)21-12-13-6-4-8-15(18)10-13/h4-10,19H,3,11-12H2,1-2H3. The Morgan fingerprint density at radius 3 is 2.62 bits per heavy atom. The zero-order chi connectivity index (χ0) is 15.1. The highest BCUT2D eigenvalue weighted by molar-refractivity contribution is 9.10. The average molecular weight is 350 g/mol. The first-order valence-corrected chi connectivity index (χ1v) is 7.80. The third-order valence-corrected chi connectivity index (χ3v) is 3.49. The van der Waals surface area contributed by atoms with Gasteiger partial charge in [-0.1, -0.05) is 40.2 Å². The van der Waals surface area contributed by atoms with E-state index < -0.39 is 0 Å². The van der Waals surface area contributed by atoms with Gasteiger partial charge in [-0.3, -0.25) is 0 Å². The van der Waals surface area contributed by atoms with E-state index in [2.05, 4.69) is 33.4 Å². The van der Waals surface area contributed by atoms with Crippen LogP contribution in [0.25, 0.3) is 0 Å². The first-order valence-electron chi connectivity index (χ1n) is 7.01. The van der Waals surface area contributed by atoms with Crippen molar-refractivity contribution in [2.24, 2.45) is 0 Å². The average Bonchev–Trinajstić information content (AvgIpc) is 2.47. The topological polar surface area (TPSA) is 30.5 Å². The van der Waals surface area contributed by atoms with Crippen molar-refractivity contribution in [3.05, 3.63) is 58.1 Å². The molecule has 112 valence electrons. The molecule has 3 nitrogen and oxygen atoms in total. The molecule has 0 aliphatic heterocycles. The van der Waals surface area contributed by atoms with E-state index >= 15 is 0 Å². The van der Waals surface area contributed by atoms with Crippen LogP contribution in [-0.4, -0.2) is 13.7 Å². The van der Waals surface area contributed by atoms with Gasteiger partial charge in [0.15, 0.2) is 11.5 Å². The zero-order valence-electron chi connectivity index (χ0n) is 12.4. The van der Waals surface area contributed by atoms with Gasteiger partial charge in [0.2, 0.25) is 0 Å². The number of rotatable bonds is 7. The summed E-state index contributed by atoms with van der Waals surface area (Å²) in [5, 5.41) is 3.16. The van der Waals surface area contributed by atoms with Crippen LogP contribution in [0.2, 0.25) is 0 Å². The van der Waals surface area contributed by atoms with Crippen molar-refractivity contribution in [3.63, 3.8) is 0 Å². The minimum absolute atomic E-state index is 0.514. The SMILES string of the molecule is CCOc1cccc(CNC)c1OCc1cccc(Br)c1. The normalized spacial score (nSPS) is 10.4. The second-order valence-electron chi connectivity index (χ2n) is 4.63. The van der Waals surface area contributed by atoms with Gasteiger partial charge in [-0.2, -0.15) is 0 Å². The molecule has 0 saturated carbocycles. The quantitative estimate of drug-likeness (QED) is 0.814. The van der Waals surface area contributed by atoms with E-state index in [4.69, 9.17) is 9.47 Å². The van der Waals surface area contributed by atoms with Crippen LogP contribution in [-0.2, 0) is 13.2 Å². The molecule has 1 N–H and O–H groups in total. The molecule has 0 bridgehead atoms. The maximum absolute atomic E-state index is 6.03. The summed E-state index contributed by atoms with van der Waals surface area (Å²) in [6.45, 7) is 3.86. The molecule has 2 rings (SSSR count). The van der Waals surface area contributed by atoms with Crippen molar-refractivity contribution in [2.75, 3.05) is 13.7 Å². The highest BCUT2D eigenvalue weighted by atomic mass is 79.9. The highest BCUT2D eigenvalue weighted by Gasteiger charge is 2.11. The van der Waals surface area contributed by atoms with Crippen molar-refractivity contribution in [1.29, 1.82) is 0 Å². The van der Waals surface area contributed by atoms with Crippen molar-refractivity contribution in [1.82, 2.24) is 5.32 Å². The Kier molecular flexibility index (Phi) is 6.08. The Balaban J connectivity index is 2.20.